The predicted octanol–water partition coefficient (Wildman–Crippen LogP) is 2.34. The molecule has 3 atom stereocenters. The average molecular weight is 174 g/mol. The van der Waals surface area contributed by atoms with Crippen LogP contribution in [0.2, 0.25) is 0 Å². The first-order valence-electron chi connectivity index (χ1n) is 5.01. The van der Waals surface area contributed by atoms with Crippen LogP contribution in [0.5, 0.6) is 0 Å². The van der Waals surface area contributed by atoms with Crippen LogP contribution in [0.25, 0.3) is 0 Å². The molecule has 0 aliphatic heterocycles. The number of ketones is 1. The lowest BCUT2D eigenvalue weighted by atomic mass is 9.52. The van der Waals surface area contributed by atoms with Gasteiger partial charge in [-0.15, -0.1) is 6.58 Å². The van der Waals surface area contributed by atoms with Crippen molar-refractivity contribution in [1.29, 1.82) is 0 Å². The number of rotatable bonds is 1. The average Bonchev–Trinajstić information content (AvgIpc) is 2.79. The van der Waals surface area contributed by atoms with Gasteiger partial charge in [0.05, 0.1) is 5.41 Å². The summed E-state index contributed by atoms with van der Waals surface area (Å²) in [6.07, 6.45) is 8.82. The molecule has 3 aliphatic carbocycles. The van der Waals surface area contributed by atoms with Crippen LogP contribution in [0, 0.1) is 22.7 Å². The molecule has 0 radical (unpaired) electrons. The highest BCUT2D eigenvalue weighted by molar-refractivity contribution is 5.98. The van der Waals surface area contributed by atoms with Crippen LogP contribution in [0.15, 0.2) is 24.8 Å². The fourth-order valence-electron chi connectivity index (χ4n) is 3.10. The maximum Gasteiger partial charge on any atom is 0.147 e. The third-order valence-corrected chi connectivity index (χ3v) is 4.37. The minimum absolute atomic E-state index is 0.243. The molecule has 2 fully saturated rings. The van der Waals surface area contributed by atoms with Gasteiger partial charge in [0.25, 0.3) is 0 Å². The van der Waals surface area contributed by atoms with Crippen molar-refractivity contribution in [3.8, 4) is 0 Å². The molecule has 0 saturated heterocycles. The zero-order valence-electron chi connectivity index (χ0n) is 7.92. The summed E-state index contributed by atoms with van der Waals surface area (Å²) in [6, 6.07) is 0. The fraction of sp³-hybridized carbons (Fsp3) is 0.583. The molecule has 0 bridgehead atoms. The molecule has 1 nitrogen and oxygen atoms in total. The van der Waals surface area contributed by atoms with Gasteiger partial charge in [-0.2, -0.15) is 0 Å². The molecule has 0 heterocycles. The minimum Gasteiger partial charge on any atom is -0.298 e. The van der Waals surface area contributed by atoms with Gasteiger partial charge in [0.2, 0.25) is 0 Å². The van der Waals surface area contributed by atoms with Gasteiger partial charge in [-0.3, -0.25) is 4.79 Å². The van der Waals surface area contributed by atoms with E-state index in [0.717, 1.165) is 0 Å². The van der Waals surface area contributed by atoms with E-state index in [-0.39, 0.29) is 5.41 Å². The van der Waals surface area contributed by atoms with Crippen molar-refractivity contribution in [3.05, 3.63) is 24.8 Å². The highest BCUT2D eigenvalue weighted by Crippen LogP contribution is 2.69. The SMILES string of the molecule is C=C[C@@]1(C)C(=O)[C@@H]2[C@H]1C=CC21CC1. The van der Waals surface area contributed by atoms with E-state index in [9.17, 15) is 4.79 Å². The molecule has 0 aromatic rings. The molecule has 68 valence electrons. The Morgan fingerprint density at radius 2 is 2.31 bits per heavy atom. The smallest absolute Gasteiger partial charge is 0.147 e. The summed E-state index contributed by atoms with van der Waals surface area (Å²) < 4.78 is 0. The lowest BCUT2D eigenvalue weighted by Crippen LogP contribution is -2.55. The Hall–Kier alpha value is -0.850. The lowest BCUT2D eigenvalue weighted by molar-refractivity contribution is -0.148. The fourth-order valence-corrected chi connectivity index (χ4v) is 3.10. The summed E-state index contributed by atoms with van der Waals surface area (Å²) in [5.41, 5.74) is 0.0670. The van der Waals surface area contributed by atoms with E-state index in [0.29, 0.717) is 23.0 Å². The van der Waals surface area contributed by atoms with E-state index in [1.807, 2.05) is 13.0 Å². The van der Waals surface area contributed by atoms with E-state index >= 15 is 0 Å². The van der Waals surface area contributed by atoms with Crippen LogP contribution in [-0.4, -0.2) is 5.78 Å². The highest BCUT2D eigenvalue weighted by Gasteiger charge is 2.68. The van der Waals surface area contributed by atoms with Crippen molar-refractivity contribution in [2.24, 2.45) is 22.7 Å². The van der Waals surface area contributed by atoms with Crippen molar-refractivity contribution < 1.29 is 4.79 Å². The number of carbonyl (C=O) groups excluding carboxylic acids is 1. The number of hydrogen-bond acceptors (Lipinski definition) is 1. The molecule has 0 unspecified atom stereocenters. The van der Waals surface area contributed by atoms with Gasteiger partial charge in [-0.05, 0) is 25.2 Å². The van der Waals surface area contributed by atoms with Gasteiger partial charge in [0.15, 0.2) is 0 Å². The Morgan fingerprint density at radius 3 is 2.85 bits per heavy atom. The molecule has 3 aliphatic rings. The van der Waals surface area contributed by atoms with E-state index in [2.05, 4.69) is 18.7 Å². The number of allylic oxidation sites excluding steroid dienone is 3. The van der Waals surface area contributed by atoms with Crippen LogP contribution in [0.4, 0.5) is 0 Å². The first-order chi connectivity index (χ1) is 6.14. The molecule has 2 saturated carbocycles. The zero-order valence-corrected chi connectivity index (χ0v) is 7.92. The second-order valence-corrected chi connectivity index (χ2v) is 4.95. The first-order valence-corrected chi connectivity index (χ1v) is 5.01. The van der Waals surface area contributed by atoms with Crippen molar-refractivity contribution in [2.75, 3.05) is 0 Å². The number of carbonyl (C=O) groups is 1. The number of fused-ring (bicyclic) bond motifs is 2. The van der Waals surface area contributed by atoms with Gasteiger partial charge >= 0.3 is 0 Å². The van der Waals surface area contributed by atoms with E-state index in [1.54, 1.807) is 0 Å². The number of Topliss-reactive ketones (excluding diaryl/α,β-unsaturated/α-hetero) is 1. The van der Waals surface area contributed by atoms with Crippen molar-refractivity contribution >= 4 is 5.78 Å². The largest absolute Gasteiger partial charge is 0.298 e. The highest BCUT2D eigenvalue weighted by atomic mass is 16.1. The Balaban J connectivity index is 2.01. The van der Waals surface area contributed by atoms with E-state index in [1.165, 1.54) is 12.8 Å². The van der Waals surface area contributed by atoms with Gasteiger partial charge in [0, 0.05) is 11.8 Å². The van der Waals surface area contributed by atoms with Gasteiger partial charge in [0.1, 0.15) is 5.78 Å². The summed E-state index contributed by atoms with van der Waals surface area (Å²) >= 11 is 0. The Bertz CT molecular complexity index is 335. The molecule has 1 spiro atoms. The standard InChI is InChI=1S/C12H14O/c1-3-11(2)8-4-5-12(6-7-12)9(8)10(11)13/h3-5,8-9H,1,6-7H2,2H3/t8-,9+,11-/m1/s1. The van der Waals surface area contributed by atoms with Crippen LogP contribution >= 0.6 is 0 Å². The molecular weight excluding hydrogens is 160 g/mol. The maximum atomic E-state index is 11.9. The summed E-state index contributed by atoms with van der Waals surface area (Å²) in [7, 11) is 0. The molecule has 0 N–H and O–H groups in total. The molecule has 0 amide bonds. The Morgan fingerprint density at radius 1 is 1.62 bits per heavy atom. The minimum atomic E-state index is -0.243. The van der Waals surface area contributed by atoms with Crippen LogP contribution in [0.3, 0.4) is 0 Å². The second-order valence-electron chi connectivity index (χ2n) is 4.95. The predicted molar refractivity (Wildman–Crippen MR) is 51.1 cm³/mol. The maximum absolute atomic E-state index is 11.9. The molecule has 13 heavy (non-hydrogen) atoms. The normalized spacial score (nSPS) is 48.8. The van der Waals surface area contributed by atoms with E-state index < -0.39 is 0 Å². The molecule has 3 rings (SSSR count). The third kappa shape index (κ3) is 0.609. The summed E-state index contributed by atoms with van der Waals surface area (Å²) in [5.74, 6) is 1.20. The summed E-state index contributed by atoms with van der Waals surface area (Å²) in [5, 5.41) is 0. The zero-order chi connectivity index (χ0) is 9.27. The lowest BCUT2D eigenvalue weighted by Gasteiger charge is -2.48. The number of hydrogen-bond donors (Lipinski definition) is 0. The molecule has 0 aromatic heterocycles. The van der Waals surface area contributed by atoms with Crippen molar-refractivity contribution in [3.63, 3.8) is 0 Å². The summed E-state index contributed by atoms with van der Waals surface area (Å²) in [4.78, 5) is 11.9. The van der Waals surface area contributed by atoms with Crippen molar-refractivity contribution in [1.82, 2.24) is 0 Å². The molecule has 0 aromatic carbocycles. The van der Waals surface area contributed by atoms with Crippen LogP contribution in [-0.2, 0) is 4.79 Å². The molecule has 1 heteroatoms. The van der Waals surface area contributed by atoms with Crippen LogP contribution < -0.4 is 0 Å². The van der Waals surface area contributed by atoms with Gasteiger partial charge in [-0.25, -0.2) is 0 Å². The van der Waals surface area contributed by atoms with Gasteiger partial charge in [-0.1, -0.05) is 18.2 Å². The Labute approximate surface area is 78.5 Å². The van der Waals surface area contributed by atoms with Gasteiger partial charge < -0.3 is 0 Å². The first kappa shape index (κ1) is 7.54. The second kappa shape index (κ2) is 1.82. The third-order valence-electron chi connectivity index (χ3n) is 4.37. The van der Waals surface area contributed by atoms with Crippen LogP contribution in [0.1, 0.15) is 19.8 Å². The molecular formula is C12H14O. The van der Waals surface area contributed by atoms with Crippen molar-refractivity contribution in [2.45, 2.75) is 19.8 Å². The quantitative estimate of drug-likeness (QED) is 0.558. The topological polar surface area (TPSA) is 17.1 Å². The Kier molecular flexibility index (Phi) is 1.05. The monoisotopic (exact) mass is 174 g/mol. The summed E-state index contributed by atoms with van der Waals surface area (Å²) in [6.45, 7) is 5.80. The van der Waals surface area contributed by atoms with E-state index in [4.69, 9.17) is 0 Å².